The zero-order valence-corrected chi connectivity index (χ0v) is 11.1. The van der Waals surface area contributed by atoms with Gasteiger partial charge in [-0.05, 0) is 38.5 Å². The van der Waals surface area contributed by atoms with Gasteiger partial charge in [-0.2, -0.15) is 5.26 Å². The molecule has 1 aromatic rings. The molecule has 4 nitrogen and oxygen atoms in total. The van der Waals surface area contributed by atoms with Gasteiger partial charge in [0.05, 0.1) is 23.7 Å². The van der Waals surface area contributed by atoms with Crippen LogP contribution in [-0.2, 0) is 4.74 Å². The van der Waals surface area contributed by atoms with Crippen molar-refractivity contribution in [3.05, 3.63) is 28.8 Å². The summed E-state index contributed by atoms with van der Waals surface area (Å²) < 4.78 is 5.07. The Morgan fingerprint density at radius 2 is 2.22 bits per heavy atom. The maximum Gasteiger partial charge on any atom is 0.340 e. The van der Waals surface area contributed by atoms with Crippen molar-refractivity contribution in [3.63, 3.8) is 0 Å². The maximum atomic E-state index is 11.7. The van der Waals surface area contributed by atoms with Gasteiger partial charge in [0.25, 0.3) is 0 Å². The molecule has 0 heterocycles. The molecule has 0 bridgehead atoms. The number of carbonyl (C=O) groups excluding carboxylic acids is 1. The number of rotatable bonds is 4. The summed E-state index contributed by atoms with van der Waals surface area (Å²) >= 11 is 5.74. The summed E-state index contributed by atoms with van der Waals surface area (Å²) in [5, 5.41) is 9.29. The van der Waals surface area contributed by atoms with Gasteiger partial charge in [-0.25, -0.2) is 4.79 Å². The summed E-state index contributed by atoms with van der Waals surface area (Å²) in [6, 6.07) is 6.74. The molecule has 0 aliphatic heterocycles. The molecule has 96 valence electrons. The third-order valence-electron chi connectivity index (χ3n) is 2.50. The van der Waals surface area contributed by atoms with Crippen molar-refractivity contribution in [2.24, 2.45) is 5.41 Å². The van der Waals surface area contributed by atoms with E-state index < -0.39 is 11.4 Å². The average Bonchev–Trinajstić information content (AvgIpc) is 2.28. The first-order chi connectivity index (χ1) is 8.35. The number of carbonyl (C=O) groups is 1. The largest absolute Gasteiger partial charge is 0.462 e. The Hall–Kier alpha value is -1.73. The molecule has 0 saturated heterocycles. The van der Waals surface area contributed by atoms with E-state index in [1.54, 1.807) is 19.9 Å². The third kappa shape index (κ3) is 3.94. The van der Waals surface area contributed by atoms with E-state index in [2.05, 4.69) is 6.07 Å². The van der Waals surface area contributed by atoms with Gasteiger partial charge in [-0.1, -0.05) is 11.6 Å². The number of anilines is 1. The van der Waals surface area contributed by atoms with E-state index in [0.29, 0.717) is 11.4 Å². The predicted molar refractivity (Wildman–Crippen MR) is 70.2 cm³/mol. The Bertz CT molecular complexity index is 492. The monoisotopic (exact) mass is 266 g/mol. The molecule has 0 aliphatic rings. The maximum absolute atomic E-state index is 11.7. The highest BCUT2D eigenvalue weighted by molar-refractivity contribution is 6.31. The van der Waals surface area contributed by atoms with Gasteiger partial charge in [0, 0.05) is 10.7 Å². The van der Waals surface area contributed by atoms with E-state index in [4.69, 9.17) is 27.3 Å². The molecule has 0 amide bonds. The molecule has 0 radical (unpaired) electrons. The molecule has 0 aromatic heterocycles. The highest BCUT2D eigenvalue weighted by Crippen LogP contribution is 2.21. The van der Waals surface area contributed by atoms with Crippen LogP contribution in [0.4, 0.5) is 5.69 Å². The van der Waals surface area contributed by atoms with Gasteiger partial charge < -0.3 is 10.5 Å². The first-order valence-electron chi connectivity index (χ1n) is 5.49. The van der Waals surface area contributed by atoms with Gasteiger partial charge in [0.2, 0.25) is 0 Å². The number of benzene rings is 1. The lowest BCUT2D eigenvalue weighted by Gasteiger charge is -2.14. The minimum Gasteiger partial charge on any atom is -0.462 e. The standard InChI is InChI=1S/C13H15ClN2O2/c1-13(2,8-15)5-6-18-12(17)10-4-3-9(14)7-11(10)16/h3-4,7H,5-6,16H2,1-2H3. The number of hydrogen-bond donors (Lipinski definition) is 1. The second-order valence-electron chi connectivity index (χ2n) is 4.61. The number of halogens is 1. The molecule has 2 N–H and O–H groups in total. The summed E-state index contributed by atoms with van der Waals surface area (Å²) in [6.45, 7) is 3.76. The molecule has 1 aromatic carbocycles. The van der Waals surface area contributed by atoms with Crippen LogP contribution in [0.2, 0.25) is 5.02 Å². The Morgan fingerprint density at radius 1 is 1.56 bits per heavy atom. The molecule has 0 atom stereocenters. The molecular weight excluding hydrogens is 252 g/mol. The fourth-order valence-electron chi connectivity index (χ4n) is 1.25. The molecule has 0 unspecified atom stereocenters. The van der Waals surface area contributed by atoms with E-state index in [-0.39, 0.29) is 17.9 Å². The van der Waals surface area contributed by atoms with Gasteiger partial charge in [0.15, 0.2) is 0 Å². The summed E-state index contributed by atoms with van der Waals surface area (Å²) in [6.07, 6.45) is 0.475. The van der Waals surface area contributed by atoms with Crippen LogP contribution in [0.3, 0.4) is 0 Å². The highest BCUT2D eigenvalue weighted by atomic mass is 35.5. The number of nitriles is 1. The number of nitrogens with zero attached hydrogens (tertiary/aromatic N) is 1. The van der Waals surface area contributed by atoms with Crippen molar-refractivity contribution < 1.29 is 9.53 Å². The summed E-state index contributed by atoms with van der Waals surface area (Å²) in [5.41, 5.74) is 5.73. The Kier molecular flexibility index (Phi) is 4.57. The second kappa shape index (κ2) is 5.74. The van der Waals surface area contributed by atoms with E-state index in [9.17, 15) is 4.79 Å². The molecule has 0 spiro atoms. The number of nitrogen functional groups attached to an aromatic ring is 1. The average molecular weight is 267 g/mol. The zero-order valence-electron chi connectivity index (χ0n) is 10.4. The molecule has 18 heavy (non-hydrogen) atoms. The molecule has 0 fully saturated rings. The lowest BCUT2D eigenvalue weighted by molar-refractivity contribution is 0.0476. The third-order valence-corrected chi connectivity index (χ3v) is 2.73. The van der Waals surface area contributed by atoms with E-state index in [1.165, 1.54) is 12.1 Å². The number of esters is 1. The normalized spacial score (nSPS) is 10.8. The van der Waals surface area contributed by atoms with Crippen LogP contribution in [0, 0.1) is 16.7 Å². The summed E-state index contributed by atoms with van der Waals surface area (Å²) in [4.78, 5) is 11.7. The lowest BCUT2D eigenvalue weighted by atomic mass is 9.92. The molecule has 0 saturated carbocycles. The van der Waals surface area contributed by atoms with Gasteiger partial charge >= 0.3 is 5.97 Å². The molecular formula is C13H15ClN2O2. The predicted octanol–water partition coefficient (Wildman–Crippen LogP) is 3.02. The number of ether oxygens (including phenoxy) is 1. The van der Waals surface area contributed by atoms with Gasteiger partial charge in [-0.3, -0.25) is 0 Å². The van der Waals surface area contributed by atoms with E-state index in [1.807, 2.05) is 0 Å². The second-order valence-corrected chi connectivity index (χ2v) is 5.05. The van der Waals surface area contributed by atoms with Crippen molar-refractivity contribution in [3.8, 4) is 6.07 Å². The van der Waals surface area contributed by atoms with Crippen molar-refractivity contribution in [1.82, 2.24) is 0 Å². The van der Waals surface area contributed by atoms with Crippen molar-refractivity contribution >= 4 is 23.3 Å². The van der Waals surface area contributed by atoms with Crippen molar-refractivity contribution in [1.29, 1.82) is 5.26 Å². The van der Waals surface area contributed by atoms with Gasteiger partial charge in [0.1, 0.15) is 0 Å². The summed E-state index contributed by atoms with van der Waals surface area (Å²) in [7, 11) is 0. The molecule has 0 aliphatic carbocycles. The summed E-state index contributed by atoms with van der Waals surface area (Å²) in [5.74, 6) is -0.502. The molecule has 5 heteroatoms. The lowest BCUT2D eigenvalue weighted by Crippen LogP contribution is -2.15. The topological polar surface area (TPSA) is 76.1 Å². The number of hydrogen-bond acceptors (Lipinski definition) is 4. The first kappa shape index (κ1) is 14.3. The highest BCUT2D eigenvalue weighted by Gasteiger charge is 2.18. The van der Waals surface area contributed by atoms with Crippen LogP contribution in [0.15, 0.2) is 18.2 Å². The fraction of sp³-hybridized carbons (Fsp3) is 0.385. The van der Waals surface area contributed by atoms with E-state index >= 15 is 0 Å². The van der Waals surface area contributed by atoms with Crippen LogP contribution in [0.1, 0.15) is 30.6 Å². The minimum atomic E-state index is -0.508. The van der Waals surface area contributed by atoms with Crippen LogP contribution in [0.5, 0.6) is 0 Å². The minimum absolute atomic E-state index is 0.182. The Balaban J connectivity index is 2.59. The quantitative estimate of drug-likeness (QED) is 0.671. The van der Waals surface area contributed by atoms with Crippen molar-refractivity contribution in [2.75, 3.05) is 12.3 Å². The Labute approximate surface area is 111 Å². The van der Waals surface area contributed by atoms with Gasteiger partial charge in [-0.15, -0.1) is 0 Å². The number of nitrogens with two attached hydrogens (primary N) is 1. The van der Waals surface area contributed by atoms with Crippen LogP contribution < -0.4 is 5.73 Å². The SMILES string of the molecule is CC(C)(C#N)CCOC(=O)c1ccc(Cl)cc1N. The first-order valence-corrected chi connectivity index (χ1v) is 5.87. The molecule has 1 rings (SSSR count). The fourth-order valence-corrected chi connectivity index (χ4v) is 1.43. The zero-order chi connectivity index (χ0) is 13.8. The van der Waals surface area contributed by atoms with Crippen LogP contribution in [-0.4, -0.2) is 12.6 Å². The van der Waals surface area contributed by atoms with E-state index in [0.717, 1.165) is 0 Å². The van der Waals surface area contributed by atoms with Crippen molar-refractivity contribution in [2.45, 2.75) is 20.3 Å². The Morgan fingerprint density at radius 3 is 2.78 bits per heavy atom. The van der Waals surface area contributed by atoms with Crippen LogP contribution >= 0.6 is 11.6 Å². The van der Waals surface area contributed by atoms with Crippen LogP contribution in [0.25, 0.3) is 0 Å². The smallest absolute Gasteiger partial charge is 0.340 e.